The first-order chi connectivity index (χ1) is 21.1. The topological polar surface area (TPSA) is 127 Å². The summed E-state index contributed by atoms with van der Waals surface area (Å²) in [7, 11) is 0. The van der Waals surface area contributed by atoms with Crippen LogP contribution < -0.4 is 0 Å². The minimum Gasteiger partial charge on any atom is -0.481 e. The molecule has 5 rings (SSSR count). The molecule has 2 N–H and O–H groups in total. The molecule has 0 spiro atoms. The van der Waals surface area contributed by atoms with Crippen molar-refractivity contribution < 1.29 is 38.9 Å². The molecule has 4 fully saturated rings. The van der Waals surface area contributed by atoms with Gasteiger partial charge in [-0.2, -0.15) is 0 Å². The molecule has 0 bridgehead atoms. The molecule has 4 saturated carbocycles. The van der Waals surface area contributed by atoms with Gasteiger partial charge in [0.05, 0.1) is 5.41 Å². The van der Waals surface area contributed by atoms with Gasteiger partial charge in [0.2, 0.25) is 0 Å². The number of esters is 2. The molecule has 5 aliphatic carbocycles. The highest BCUT2D eigenvalue weighted by atomic mass is 16.6. The second-order valence-corrected chi connectivity index (χ2v) is 16.0. The molecule has 46 heavy (non-hydrogen) atoms. The van der Waals surface area contributed by atoms with Gasteiger partial charge < -0.3 is 19.7 Å². The van der Waals surface area contributed by atoms with Gasteiger partial charge in [0.1, 0.15) is 6.10 Å². The van der Waals surface area contributed by atoms with Crippen molar-refractivity contribution in [2.75, 3.05) is 6.61 Å². The van der Waals surface area contributed by atoms with E-state index in [9.17, 15) is 24.3 Å². The number of aliphatic carboxylic acids is 2. The van der Waals surface area contributed by atoms with E-state index in [4.69, 9.17) is 14.6 Å². The summed E-state index contributed by atoms with van der Waals surface area (Å²) >= 11 is 0. The average molecular weight is 647 g/mol. The van der Waals surface area contributed by atoms with Gasteiger partial charge in [-0.1, -0.05) is 67.5 Å². The molecule has 0 amide bonds. The zero-order chi connectivity index (χ0) is 33.4. The average Bonchev–Trinajstić information content (AvgIpc) is 2.97. The van der Waals surface area contributed by atoms with Crippen LogP contribution in [0.2, 0.25) is 0 Å². The van der Waals surface area contributed by atoms with Crippen LogP contribution in [0.1, 0.15) is 139 Å². The number of allylic oxidation sites excluding steroid dienone is 2. The van der Waals surface area contributed by atoms with Gasteiger partial charge >= 0.3 is 23.9 Å². The Bertz CT molecular complexity index is 1170. The fraction of sp³-hybridized carbons (Fsp3) is 0.842. The third-order valence-electron chi connectivity index (χ3n) is 13.2. The third kappa shape index (κ3) is 6.92. The number of ether oxygens (including phenoxy) is 2. The molecule has 262 valence electrons. The van der Waals surface area contributed by atoms with Gasteiger partial charge in [0.15, 0.2) is 6.61 Å². The van der Waals surface area contributed by atoms with Crippen molar-refractivity contribution >= 4 is 23.9 Å². The first-order valence-corrected chi connectivity index (χ1v) is 17.6. The summed E-state index contributed by atoms with van der Waals surface area (Å²) in [6.45, 7) is 15.2. The summed E-state index contributed by atoms with van der Waals surface area (Å²) in [5, 5.41) is 18.1. The number of carbonyl (C=O) groups is 4. The maximum Gasteiger partial charge on any atom is 0.341 e. The number of rotatable bonds is 8. The van der Waals surface area contributed by atoms with E-state index >= 15 is 0 Å². The summed E-state index contributed by atoms with van der Waals surface area (Å²) in [4.78, 5) is 48.2. The standard InChI is InChI=1S/C35H52O8.C2H6.CH4/c1-21-23-11-14-34(5)24-12-16-35(31(41)42-20-29(38)39)18-17-32(2,3)19-25(35)22(24)9-10-27(34)33(23,4)15-13-26(21)43-30(40)8-6-7-28(36)37;1-2;/h9,21,23-27H,6-8,10-20H2,1-5H3,(H,36,37)(H,38,39);1-2H3;1H4. The molecule has 0 saturated heterocycles. The van der Waals surface area contributed by atoms with E-state index in [-0.39, 0.29) is 66.4 Å². The van der Waals surface area contributed by atoms with Crippen molar-refractivity contribution in [1.82, 2.24) is 0 Å². The molecule has 0 aromatic rings. The SMILES string of the molecule is C.CC.CC1C(OC(=O)CCCC(=O)O)CCC2(C)C1CCC1(C)C3CCC4(C(=O)OCC(=O)O)CCC(C)(C)CC4C3=CCC12. The lowest BCUT2D eigenvalue weighted by molar-refractivity contribution is -0.183. The Morgan fingerprint density at radius 1 is 0.848 bits per heavy atom. The molecule has 0 radical (unpaired) electrons. The lowest BCUT2D eigenvalue weighted by Crippen LogP contribution is -2.60. The zero-order valence-electron chi connectivity index (χ0n) is 28.8. The highest BCUT2D eigenvalue weighted by Crippen LogP contribution is 2.71. The van der Waals surface area contributed by atoms with Crippen molar-refractivity contribution in [3.63, 3.8) is 0 Å². The van der Waals surface area contributed by atoms with Crippen molar-refractivity contribution in [2.45, 2.75) is 145 Å². The van der Waals surface area contributed by atoms with Crippen molar-refractivity contribution in [3.8, 4) is 0 Å². The van der Waals surface area contributed by atoms with Crippen molar-refractivity contribution in [3.05, 3.63) is 11.6 Å². The monoisotopic (exact) mass is 646 g/mol. The second-order valence-electron chi connectivity index (χ2n) is 16.0. The smallest absolute Gasteiger partial charge is 0.341 e. The number of carboxylic acid groups (broad SMARTS) is 2. The minimum atomic E-state index is -1.11. The van der Waals surface area contributed by atoms with Crippen LogP contribution in [0.4, 0.5) is 0 Å². The molecule has 0 aliphatic heterocycles. The summed E-state index contributed by atoms with van der Waals surface area (Å²) in [5.74, 6) is -0.896. The van der Waals surface area contributed by atoms with Gasteiger partial charge in [0, 0.05) is 12.8 Å². The fourth-order valence-electron chi connectivity index (χ4n) is 10.9. The number of hydrogen-bond donors (Lipinski definition) is 2. The Morgan fingerprint density at radius 2 is 1.52 bits per heavy atom. The maximum absolute atomic E-state index is 13.6. The van der Waals surface area contributed by atoms with E-state index in [0.29, 0.717) is 24.2 Å². The van der Waals surface area contributed by atoms with Gasteiger partial charge in [-0.15, -0.1) is 0 Å². The summed E-state index contributed by atoms with van der Waals surface area (Å²) < 4.78 is 11.4. The van der Waals surface area contributed by atoms with Gasteiger partial charge in [-0.3, -0.25) is 14.4 Å². The Balaban J connectivity index is 0.00000188. The third-order valence-corrected chi connectivity index (χ3v) is 13.2. The predicted octanol–water partition coefficient (Wildman–Crippen LogP) is 8.46. The van der Waals surface area contributed by atoms with E-state index in [1.165, 1.54) is 5.57 Å². The molecule has 5 aliphatic rings. The molecule has 0 aromatic carbocycles. The highest BCUT2D eigenvalue weighted by Gasteiger charge is 2.64. The number of carboxylic acids is 2. The van der Waals surface area contributed by atoms with Gasteiger partial charge in [-0.25, -0.2) is 4.79 Å². The second kappa shape index (κ2) is 14.4. The molecule has 9 unspecified atom stereocenters. The molecule has 0 heterocycles. The summed E-state index contributed by atoms with van der Waals surface area (Å²) in [6, 6.07) is 0. The normalized spacial score (nSPS) is 38.7. The quantitative estimate of drug-likeness (QED) is 0.199. The Morgan fingerprint density at radius 3 is 2.17 bits per heavy atom. The fourth-order valence-corrected chi connectivity index (χ4v) is 10.9. The lowest BCUT2D eigenvalue weighted by Gasteiger charge is -2.66. The minimum absolute atomic E-state index is 0. The Kier molecular flexibility index (Phi) is 11.9. The predicted molar refractivity (Wildman–Crippen MR) is 178 cm³/mol. The number of carbonyl (C=O) groups excluding carboxylic acids is 2. The van der Waals surface area contributed by atoms with E-state index < -0.39 is 24.0 Å². The largest absolute Gasteiger partial charge is 0.481 e. The molecule has 8 nitrogen and oxygen atoms in total. The van der Waals surface area contributed by atoms with Crippen molar-refractivity contribution in [1.29, 1.82) is 0 Å². The van der Waals surface area contributed by atoms with Crippen LogP contribution >= 0.6 is 0 Å². The zero-order valence-corrected chi connectivity index (χ0v) is 28.8. The highest BCUT2D eigenvalue weighted by molar-refractivity contribution is 5.81. The van der Waals surface area contributed by atoms with Crippen LogP contribution in [0.15, 0.2) is 11.6 Å². The number of hydrogen-bond acceptors (Lipinski definition) is 6. The Labute approximate surface area is 277 Å². The van der Waals surface area contributed by atoms with Crippen LogP contribution in [0.5, 0.6) is 0 Å². The van der Waals surface area contributed by atoms with Crippen molar-refractivity contribution in [2.24, 2.45) is 51.2 Å². The van der Waals surface area contributed by atoms with Crippen LogP contribution in [-0.2, 0) is 28.7 Å². The van der Waals surface area contributed by atoms with E-state index in [1.807, 2.05) is 13.8 Å². The molecule has 9 atom stereocenters. The molecular formula is C38H62O8. The first-order valence-electron chi connectivity index (χ1n) is 17.6. The van der Waals surface area contributed by atoms with Crippen LogP contribution in [-0.4, -0.2) is 46.8 Å². The number of fused-ring (bicyclic) bond motifs is 7. The molecule has 8 heteroatoms. The van der Waals surface area contributed by atoms with Gasteiger partial charge in [-0.05, 0) is 116 Å². The summed E-state index contributed by atoms with van der Waals surface area (Å²) in [6.07, 6.45) is 12.1. The van der Waals surface area contributed by atoms with Crippen LogP contribution in [0, 0.1) is 51.2 Å². The Hall–Kier alpha value is -2.38. The maximum atomic E-state index is 13.6. The molecule has 0 aromatic heterocycles. The van der Waals surface area contributed by atoms with E-state index in [1.54, 1.807) is 0 Å². The van der Waals surface area contributed by atoms with E-state index in [0.717, 1.165) is 64.2 Å². The van der Waals surface area contributed by atoms with Crippen LogP contribution in [0.3, 0.4) is 0 Å². The van der Waals surface area contributed by atoms with E-state index in [2.05, 4.69) is 40.7 Å². The van der Waals surface area contributed by atoms with Crippen LogP contribution in [0.25, 0.3) is 0 Å². The summed E-state index contributed by atoms with van der Waals surface area (Å²) in [5.41, 5.74) is 1.17. The lowest BCUT2D eigenvalue weighted by atomic mass is 9.38. The molecular weight excluding hydrogens is 584 g/mol. The first kappa shape index (κ1) is 38.1. The van der Waals surface area contributed by atoms with Gasteiger partial charge in [0.25, 0.3) is 0 Å².